The summed E-state index contributed by atoms with van der Waals surface area (Å²) in [6, 6.07) is 5.21. The van der Waals surface area contributed by atoms with E-state index in [9.17, 15) is 0 Å². The van der Waals surface area contributed by atoms with Crippen LogP contribution < -0.4 is 4.74 Å². The first-order chi connectivity index (χ1) is 7.92. The molecule has 0 aliphatic carbocycles. The van der Waals surface area contributed by atoms with Gasteiger partial charge in [-0.1, -0.05) is 29.5 Å². The highest BCUT2D eigenvalue weighted by Gasteiger charge is 2.04. The number of rotatable bonds is 3. The number of aliphatic hydroxyl groups excluding tert-OH is 1. The average Bonchev–Trinajstić information content (AvgIpc) is 2.24. The molecule has 1 aromatic rings. The van der Waals surface area contributed by atoms with Gasteiger partial charge in [-0.25, -0.2) is 0 Å². The van der Waals surface area contributed by atoms with E-state index in [0.717, 1.165) is 5.56 Å². The molecule has 0 heterocycles. The first-order valence-corrected chi connectivity index (χ1v) is 5.82. The predicted octanol–water partition coefficient (Wildman–Crippen LogP) is 3.26. The lowest BCUT2D eigenvalue weighted by Gasteiger charge is -2.08. The number of halogens is 1. The van der Waals surface area contributed by atoms with Gasteiger partial charge in [0.25, 0.3) is 0 Å². The zero-order valence-corrected chi connectivity index (χ0v) is 11.1. The third kappa shape index (κ3) is 5.12. The van der Waals surface area contributed by atoms with E-state index in [-0.39, 0.29) is 12.0 Å². The quantitative estimate of drug-likeness (QED) is 0.837. The van der Waals surface area contributed by atoms with E-state index in [2.05, 4.69) is 11.8 Å². The Bertz CT molecular complexity index is 436. The third-order valence-electron chi connectivity index (χ3n) is 1.94. The van der Waals surface area contributed by atoms with E-state index in [1.165, 1.54) is 0 Å². The molecule has 17 heavy (non-hydrogen) atoms. The molecule has 0 amide bonds. The molecule has 1 aromatic carbocycles. The van der Waals surface area contributed by atoms with E-state index in [1.807, 2.05) is 20.8 Å². The molecule has 0 bridgehead atoms. The summed E-state index contributed by atoms with van der Waals surface area (Å²) in [5, 5.41) is 9.43. The highest BCUT2D eigenvalue weighted by Crippen LogP contribution is 2.25. The van der Waals surface area contributed by atoms with Gasteiger partial charge in [-0.3, -0.25) is 0 Å². The molecule has 0 atom stereocenters. The number of hydrogen-bond acceptors (Lipinski definition) is 2. The summed E-state index contributed by atoms with van der Waals surface area (Å²) in [6.45, 7) is 6.42. The Morgan fingerprint density at radius 1 is 1.35 bits per heavy atom. The second-order valence-electron chi connectivity index (χ2n) is 4.76. The zero-order chi connectivity index (χ0) is 12.9. The molecule has 1 N–H and O–H groups in total. The third-order valence-corrected chi connectivity index (χ3v) is 2.24. The van der Waals surface area contributed by atoms with Gasteiger partial charge in [0.1, 0.15) is 12.4 Å². The highest BCUT2D eigenvalue weighted by molar-refractivity contribution is 6.32. The van der Waals surface area contributed by atoms with Crippen molar-refractivity contribution >= 4 is 11.6 Å². The summed E-state index contributed by atoms with van der Waals surface area (Å²) in [5.41, 5.74) is 0.747. The molecule has 0 saturated carbocycles. The smallest absolute Gasteiger partial charge is 0.149 e. The number of aliphatic hydroxyl groups is 1. The fourth-order valence-electron chi connectivity index (χ4n) is 1.17. The summed E-state index contributed by atoms with van der Waals surface area (Å²) >= 11 is 5.99. The molecule has 3 heteroatoms. The Morgan fingerprint density at radius 3 is 2.59 bits per heavy atom. The van der Waals surface area contributed by atoms with Crippen LogP contribution in [0.2, 0.25) is 5.02 Å². The van der Waals surface area contributed by atoms with Crippen LogP contribution in [0.3, 0.4) is 0 Å². The van der Waals surface area contributed by atoms with Crippen LogP contribution in [0.25, 0.3) is 0 Å². The van der Waals surface area contributed by atoms with Crippen LogP contribution in [0, 0.1) is 17.3 Å². The Balaban J connectivity index is 2.60. The lowest BCUT2D eigenvalue weighted by Crippen LogP contribution is -2.02. The molecular formula is C14H17ClO2. The average molecular weight is 253 g/mol. The molecule has 0 aliphatic rings. The number of benzene rings is 1. The first kappa shape index (κ1) is 13.9. The normalized spacial score (nSPS) is 10.6. The molecule has 0 aliphatic heterocycles. The van der Waals surface area contributed by atoms with Gasteiger partial charge in [0, 0.05) is 5.41 Å². The topological polar surface area (TPSA) is 29.5 Å². The minimum Gasteiger partial charge on any atom is -0.479 e. The fraction of sp³-hybridized carbons (Fsp3) is 0.429. The molecule has 0 spiro atoms. The predicted molar refractivity (Wildman–Crippen MR) is 70.1 cm³/mol. The second-order valence-corrected chi connectivity index (χ2v) is 5.17. The molecule has 0 radical (unpaired) electrons. The maximum atomic E-state index is 8.93. The van der Waals surface area contributed by atoms with Crippen molar-refractivity contribution in [1.29, 1.82) is 0 Å². The van der Waals surface area contributed by atoms with Crippen molar-refractivity contribution in [2.75, 3.05) is 6.61 Å². The summed E-state index contributed by atoms with van der Waals surface area (Å²) in [5.74, 6) is 6.62. The number of ether oxygens (including phenoxy) is 1. The molecule has 0 fully saturated rings. The Morgan fingerprint density at radius 2 is 2.06 bits per heavy atom. The standard InChI is InChI=1S/C14H17ClO2/c1-14(2,3)7-4-8-17-13-6-5-11(10-16)9-12(13)15/h5-6,9,16H,8,10H2,1-3H3. The monoisotopic (exact) mass is 252 g/mol. The Hall–Kier alpha value is -1.17. The lowest BCUT2D eigenvalue weighted by molar-refractivity contribution is 0.281. The summed E-state index contributed by atoms with van der Waals surface area (Å²) < 4.78 is 5.44. The molecule has 0 unspecified atom stereocenters. The van der Waals surface area contributed by atoms with Gasteiger partial charge in [0.05, 0.1) is 11.6 Å². The van der Waals surface area contributed by atoms with Gasteiger partial charge in [-0.05, 0) is 38.5 Å². The Labute approximate surface area is 108 Å². The maximum Gasteiger partial charge on any atom is 0.149 e. The van der Waals surface area contributed by atoms with Crippen LogP contribution in [0.1, 0.15) is 26.3 Å². The van der Waals surface area contributed by atoms with Crippen LogP contribution in [0.4, 0.5) is 0 Å². The zero-order valence-electron chi connectivity index (χ0n) is 10.4. The van der Waals surface area contributed by atoms with Crippen LogP contribution in [-0.4, -0.2) is 11.7 Å². The van der Waals surface area contributed by atoms with Crippen LogP contribution in [0.5, 0.6) is 5.75 Å². The fourth-order valence-corrected chi connectivity index (χ4v) is 1.43. The highest BCUT2D eigenvalue weighted by atomic mass is 35.5. The molecular weight excluding hydrogens is 236 g/mol. The van der Waals surface area contributed by atoms with Gasteiger partial charge in [-0.15, -0.1) is 0 Å². The van der Waals surface area contributed by atoms with Crippen molar-refractivity contribution in [2.24, 2.45) is 5.41 Å². The first-order valence-electron chi connectivity index (χ1n) is 5.44. The Kier molecular flexibility index (Phi) is 4.86. The van der Waals surface area contributed by atoms with Gasteiger partial charge in [-0.2, -0.15) is 0 Å². The van der Waals surface area contributed by atoms with E-state index in [4.69, 9.17) is 21.4 Å². The SMILES string of the molecule is CC(C)(C)C#CCOc1ccc(CO)cc1Cl. The van der Waals surface area contributed by atoms with Crippen molar-refractivity contribution in [3.8, 4) is 17.6 Å². The van der Waals surface area contributed by atoms with Gasteiger partial charge in [0.15, 0.2) is 0 Å². The largest absolute Gasteiger partial charge is 0.479 e. The van der Waals surface area contributed by atoms with Gasteiger partial charge < -0.3 is 9.84 Å². The molecule has 0 aromatic heterocycles. The maximum absolute atomic E-state index is 8.93. The van der Waals surface area contributed by atoms with E-state index < -0.39 is 0 Å². The van der Waals surface area contributed by atoms with E-state index in [0.29, 0.717) is 17.4 Å². The van der Waals surface area contributed by atoms with Crippen molar-refractivity contribution in [1.82, 2.24) is 0 Å². The second kappa shape index (κ2) is 5.95. The minimum absolute atomic E-state index is 0.0199. The van der Waals surface area contributed by atoms with Gasteiger partial charge >= 0.3 is 0 Å². The minimum atomic E-state index is -0.0240. The molecule has 1 rings (SSSR count). The number of hydrogen-bond donors (Lipinski definition) is 1. The van der Waals surface area contributed by atoms with Crippen molar-refractivity contribution in [3.63, 3.8) is 0 Å². The molecule has 0 saturated heterocycles. The summed E-state index contributed by atoms with van der Waals surface area (Å²) in [6.07, 6.45) is 0. The van der Waals surface area contributed by atoms with Crippen molar-refractivity contribution in [3.05, 3.63) is 28.8 Å². The molecule has 92 valence electrons. The summed E-state index contributed by atoms with van der Waals surface area (Å²) in [4.78, 5) is 0. The lowest BCUT2D eigenvalue weighted by atomic mass is 9.98. The summed E-state index contributed by atoms with van der Waals surface area (Å²) in [7, 11) is 0. The van der Waals surface area contributed by atoms with Crippen LogP contribution in [0.15, 0.2) is 18.2 Å². The molecule has 2 nitrogen and oxygen atoms in total. The van der Waals surface area contributed by atoms with E-state index in [1.54, 1.807) is 18.2 Å². The van der Waals surface area contributed by atoms with Crippen LogP contribution >= 0.6 is 11.6 Å². The van der Waals surface area contributed by atoms with Crippen molar-refractivity contribution < 1.29 is 9.84 Å². The van der Waals surface area contributed by atoms with Crippen molar-refractivity contribution in [2.45, 2.75) is 27.4 Å². The van der Waals surface area contributed by atoms with Crippen LogP contribution in [-0.2, 0) is 6.61 Å². The van der Waals surface area contributed by atoms with E-state index >= 15 is 0 Å². The van der Waals surface area contributed by atoms with Gasteiger partial charge in [0.2, 0.25) is 0 Å².